The Balaban J connectivity index is 2.18. The average Bonchev–Trinajstić information content (AvgIpc) is 2.34. The lowest BCUT2D eigenvalue weighted by Crippen LogP contribution is -2.12. The molecule has 0 bridgehead atoms. The van der Waals surface area contributed by atoms with Crippen molar-refractivity contribution in [3.05, 3.63) is 58.1 Å². The number of halogens is 2. The smallest absolute Gasteiger partial charge is 0.255 e. The zero-order valence-electron chi connectivity index (χ0n) is 9.58. The SMILES string of the molecule is Cc1ccc(NC(=O)c2ccnc(Br)c2)cc1F. The molecule has 0 saturated heterocycles. The molecule has 0 atom stereocenters. The number of anilines is 1. The molecule has 0 aliphatic rings. The molecule has 0 fully saturated rings. The van der Waals surface area contributed by atoms with Crippen molar-refractivity contribution in [2.45, 2.75) is 6.92 Å². The zero-order valence-corrected chi connectivity index (χ0v) is 11.2. The molecule has 2 aromatic rings. The van der Waals surface area contributed by atoms with Gasteiger partial charge in [0.2, 0.25) is 0 Å². The van der Waals surface area contributed by atoms with E-state index in [9.17, 15) is 9.18 Å². The fourth-order valence-electron chi connectivity index (χ4n) is 1.42. The minimum atomic E-state index is -0.344. The molecule has 0 unspecified atom stereocenters. The number of aryl methyl sites for hydroxylation is 1. The highest BCUT2D eigenvalue weighted by atomic mass is 79.9. The van der Waals surface area contributed by atoms with Crippen molar-refractivity contribution in [3.8, 4) is 0 Å². The average molecular weight is 309 g/mol. The molecule has 18 heavy (non-hydrogen) atoms. The second kappa shape index (κ2) is 5.27. The quantitative estimate of drug-likeness (QED) is 0.862. The number of hydrogen-bond donors (Lipinski definition) is 1. The van der Waals surface area contributed by atoms with Crippen molar-refractivity contribution in [2.75, 3.05) is 5.32 Å². The molecule has 1 aromatic heterocycles. The number of carbonyl (C=O) groups excluding carboxylic acids is 1. The molecule has 0 aliphatic heterocycles. The number of nitrogens with one attached hydrogen (secondary N) is 1. The lowest BCUT2D eigenvalue weighted by Gasteiger charge is -2.06. The molecule has 2 rings (SSSR count). The summed E-state index contributed by atoms with van der Waals surface area (Å²) in [6, 6.07) is 7.76. The molecule has 1 aromatic carbocycles. The van der Waals surface area contributed by atoms with Crippen molar-refractivity contribution in [3.63, 3.8) is 0 Å². The van der Waals surface area contributed by atoms with Gasteiger partial charge in [0, 0.05) is 17.4 Å². The first-order valence-corrected chi connectivity index (χ1v) is 6.04. The number of carbonyl (C=O) groups is 1. The first-order chi connectivity index (χ1) is 8.56. The maximum Gasteiger partial charge on any atom is 0.255 e. The third kappa shape index (κ3) is 2.92. The largest absolute Gasteiger partial charge is 0.322 e. The Labute approximate surface area is 112 Å². The Morgan fingerprint density at radius 2 is 2.11 bits per heavy atom. The van der Waals surface area contributed by atoms with Crippen molar-refractivity contribution in [1.29, 1.82) is 0 Å². The van der Waals surface area contributed by atoms with Crippen molar-refractivity contribution in [2.24, 2.45) is 0 Å². The Morgan fingerprint density at radius 3 is 2.78 bits per heavy atom. The Bertz CT molecular complexity index is 601. The number of nitrogens with zero attached hydrogens (tertiary/aromatic N) is 1. The molecular formula is C13H10BrFN2O. The van der Waals surface area contributed by atoms with Crippen LogP contribution in [0.2, 0.25) is 0 Å². The highest BCUT2D eigenvalue weighted by molar-refractivity contribution is 9.10. The third-order valence-electron chi connectivity index (χ3n) is 2.42. The van der Waals surface area contributed by atoms with Gasteiger partial charge >= 0.3 is 0 Å². The van der Waals surface area contributed by atoms with E-state index >= 15 is 0 Å². The lowest BCUT2D eigenvalue weighted by molar-refractivity contribution is 0.102. The highest BCUT2D eigenvalue weighted by Gasteiger charge is 2.07. The summed E-state index contributed by atoms with van der Waals surface area (Å²) >= 11 is 3.19. The first-order valence-electron chi connectivity index (χ1n) is 5.25. The van der Waals surface area contributed by atoms with Gasteiger partial charge < -0.3 is 5.32 Å². The maximum atomic E-state index is 13.3. The van der Waals surface area contributed by atoms with Crippen LogP contribution in [0.3, 0.4) is 0 Å². The predicted molar refractivity (Wildman–Crippen MR) is 71.0 cm³/mol. The fourth-order valence-corrected chi connectivity index (χ4v) is 1.78. The van der Waals surface area contributed by atoms with E-state index in [-0.39, 0.29) is 11.7 Å². The highest BCUT2D eigenvalue weighted by Crippen LogP contribution is 2.15. The predicted octanol–water partition coefficient (Wildman–Crippen LogP) is 3.54. The van der Waals surface area contributed by atoms with Gasteiger partial charge in [-0.2, -0.15) is 0 Å². The van der Waals surface area contributed by atoms with Crippen LogP contribution in [0.15, 0.2) is 41.1 Å². The van der Waals surface area contributed by atoms with Gasteiger partial charge in [-0.25, -0.2) is 9.37 Å². The van der Waals surface area contributed by atoms with Gasteiger partial charge in [-0.1, -0.05) is 6.07 Å². The molecule has 1 N–H and O–H groups in total. The number of amides is 1. The number of rotatable bonds is 2. The maximum absolute atomic E-state index is 13.3. The second-order valence-corrected chi connectivity index (χ2v) is 4.60. The number of aromatic nitrogens is 1. The number of benzene rings is 1. The molecule has 1 amide bonds. The van der Waals surface area contributed by atoms with Gasteiger partial charge in [0.05, 0.1) is 0 Å². The lowest BCUT2D eigenvalue weighted by atomic mass is 10.2. The van der Waals surface area contributed by atoms with Crippen LogP contribution < -0.4 is 5.32 Å². The van der Waals surface area contributed by atoms with E-state index in [1.54, 1.807) is 31.2 Å². The minimum absolute atomic E-state index is 0.304. The molecule has 1 heterocycles. The minimum Gasteiger partial charge on any atom is -0.322 e. The summed E-state index contributed by atoms with van der Waals surface area (Å²) in [5, 5.41) is 2.63. The van der Waals surface area contributed by atoms with Crippen LogP contribution >= 0.6 is 15.9 Å². The van der Waals surface area contributed by atoms with Gasteiger partial charge in [0.25, 0.3) is 5.91 Å². The summed E-state index contributed by atoms with van der Waals surface area (Å²) in [6.07, 6.45) is 1.52. The molecule has 0 aliphatic carbocycles. The molecule has 5 heteroatoms. The van der Waals surface area contributed by atoms with E-state index in [4.69, 9.17) is 0 Å². The zero-order chi connectivity index (χ0) is 13.1. The van der Waals surface area contributed by atoms with Crippen molar-refractivity contribution in [1.82, 2.24) is 4.98 Å². The summed E-state index contributed by atoms with van der Waals surface area (Å²) in [5.74, 6) is -0.648. The van der Waals surface area contributed by atoms with Gasteiger partial charge in [-0.15, -0.1) is 0 Å². The normalized spacial score (nSPS) is 10.2. The second-order valence-electron chi connectivity index (χ2n) is 3.79. The fraction of sp³-hybridized carbons (Fsp3) is 0.0769. The molecule has 0 saturated carbocycles. The van der Waals surface area contributed by atoms with Crippen LogP contribution in [0.25, 0.3) is 0 Å². The molecule has 0 radical (unpaired) electrons. The Kier molecular flexibility index (Phi) is 3.72. The van der Waals surface area contributed by atoms with Gasteiger partial charge in [0.15, 0.2) is 0 Å². The van der Waals surface area contributed by atoms with E-state index in [0.717, 1.165) is 0 Å². The van der Waals surface area contributed by atoms with E-state index in [1.807, 2.05) is 0 Å². The van der Waals surface area contributed by atoms with Crippen LogP contribution in [0.4, 0.5) is 10.1 Å². The van der Waals surface area contributed by atoms with Crippen LogP contribution in [0.5, 0.6) is 0 Å². The summed E-state index contributed by atoms with van der Waals surface area (Å²) in [5.41, 5.74) is 1.42. The summed E-state index contributed by atoms with van der Waals surface area (Å²) in [4.78, 5) is 15.8. The molecule has 3 nitrogen and oxygen atoms in total. The van der Waals surface area contributed by atoms with E-state index in [2.05, 4.69) is 26.2 Å². The Hall–Kier alpha value is -1.75. The molecular weight excluding hydrogens is 299 g/mol. The van der Waals surface area contributed by atoms with Gasteiger partial charge in [-0.05, 0) is 52.7 Å². The summed E-state index contributed by atoms with van der Waals surface area (Å²) in [7, 11) is 0. The first kappa shape index (κ1) is 12.7. The van der Waals surface area contributed by atoms with E-state index in [0.29, 0.717) is 21.4 Å². The van der Waals surface area contributed by atoms with E-state index in [1.165, 1.54) is 12.3 Å². The van der Waals surface area contributed by atoms with Gasteiger partial charge in [0.1, 0.15) is 10.4 Å². The van der Waals surface area contributed by atoms with Crippen molar-refractivity contribution < 1.29 is 9.18 Å². The molecule has 92 valence electrons. The van der Waals surface area contributed by atoms with Crippen LogP contribution in [-0.4, -0.2) is 10.9 Å². The topological polar surface area (TPSA) is 42.0 Å². The summed E-state index contributed by atoms with van der Waals surface area (Å²) in [6.45, 7) is 1.67. The Morgan fingerprint density at radius 1 is 1.33 bits per heavy atom. The van der Waals surface area contributed by atoms with Crippen LogP contribution in [-0.2, 0) is 0 Å². The third-order valence-corrected chi connectivity index (χ3v) is 2.85. The van der Waals surface area contributed by atoms with Crippen LogP contribution in [0.1, 0.15) is 15.9 Å². The standard InChI is InChI=1S/C13H10BrFN2O/c1-8-2-3-10(7-11(8)15)17-13(18)9-4-5-16-12(14)6-9/h2-7H,1H3,(H,17,18). The van der Waals surface area contributed by atoms with Crippen LogP contribution in [0, 0.1) is 12.7 Å². The van der Waals surface area contributed by atoms with Crippen molar-refractivity contribution >= 4 is 27.5 Å². The number of hydrogen-bond acceptors (Lipinski definition) is 2. The monoisotopic (exact) mass is 308 g/mol. The van der Waals surface area contributed by atoms with Gasteiger partial charge in [-0.3, -0.25) is 4.79 Å². The van der Waals surface area contributed by atoms with E-state index < -0.39 is 0 Å². The summed E-state index contributed by atoms with van der Waals surface area (Å²) < 4.78 is 13.9. The molecule has 0 spiro atoms. The number of pyridine rings is 1.